The van der Waals surface area contributed by atoms with Crippen LogP contribution in [0.25, 0.3) is 6.08 Å². The lowest BCUT2D eigenvalue weighted by Gasteiger charge is -2.24. The maximum Gasteiger partial charge on any atom is 0.322 e. The van der Waals surface area contributed by atoms with Crippen molar-refractivity contribution < 1.29 is 22.7 Å². The van der Waals surface area contributed by atoms with Crippen molar-refractivity contribution in [2.24, 2.45) is 0 Å². The van der Waals surface area contributed by atoms with Gasteiger partial charge in [-0.2, -0.15) is 4.31 Å². The number of amides is 1. The van der Waals surface area contributed by atoms with Gasteiger partial charge in [0.25, 0.3) is 5.91 Å². The monoisotopic (exact) mass is 408 g/mol. The Hall–Kier alpha value is -2.19. The molecule has 0 aromatic heterocycles. The number of likely N-dealkylation sites (tertiary alicyclic amines) is 1. The third kappa shape index (κ3) is 6.76. The smallest absolute Gasteiger partial charge is 0.322 e. The molecule has 154 valence electrons. The molecule has 0 radical (unpaired) electrons. The Morgan fingerprint density at radius 2 is 1.75 bits per heavy atom. The van der Waals surface area contributed by atoms with Gasteiger partial charge in [0.05, 0.1) is 0 Å². The summed E-state index contributed by atoms with van der Waals surface area (Å²) in [5, 5.41) is 1.04. The van der Waals surface area contributed by atoms with Gasteiger partial charge in [0.2, 0.25) is 10.0 Å². The first kappa shape index (κ1) is 22.1. The predicted molar refractivity (Wildman–Crippen MR) is 108 cm³/mol. The van der Waals surface area contributed by atoms with E-state index in [-0.39, 0.29) is 5.91 Å². The van der Waals surface area contributed by atoms with Gasteiger partial charge in [0.1, 0.15) is 6.54 Å². The van der Waals surface area contributed by atoms with Crippen molar-refractivity contribution in [1.29, 1.82) is 0 Å². The fraction of sp³-hybridized carbons (Fsp3) is 0.500. The number of likely N-dealkylation sites (N-methyl/N-ethyl adjacent to an activating group) is 1. The Kier molecular flexibility index (Phi) is 8.19. The molecule has 1 aliphatic rings. The topological polar surface area (TPSA) is 84.0 Å². The van der Waals surface area contributed by atoms with Crippen molar-refractivity contribution in [2.75, 3.05) is 26.7 Å². The van der Waals surface area contributed by atoms with Crippen molar-refractivity contribution in [2.45, 2.75) is 38.7 Å². The Bertz CT molecular complexity index is 784. The third-order valence-corrected chi connectivity index (χ3v) is 6.07. The summed E-state index contributed by atoms with van der Waals surface area (Å²) in [4.78, 5) is 26.3. The van der Waals surface area contributed by atoms with Crippen LogP contribution in [0.1, 0.15) is 38.2 Å². The second-order valence-corrected chi connectivity index (χ2v) is 8.81. The van der Waals surface area contributed by atoms with Crippen LogP contribution in [-0.4, -0.2) is 62.3 Å². The quantitative estimate of drug-likeness (QED) is 0.646. The van der Waals surface area contributed by atoms with E-state index in [9.17, 15) is 18.0 Å². The van der Waals surface area contributed by atoms with Crippen molar-refractivity contribution in [3.8, 4) is 0 Å². The van der Waals surface area contributed by atoms with Crippen LogP contribution in [-0.2, 0) is 24.3 Å². The first-order valence-corrected chi connectivity index (χ1v) is 11.0. The molecule has 28 heavy (non-hydrogen) atoms. The summed E-state index contributed by atoms with van der Waals surface area (Å²) in [6.07, 6.45) is 4.61. The zero-order chi connectivity index (χ0) is 20.6. The van der Waals surface area contributed by atoms with Gasteiger partial charge in [-0.3, -0.25) is 9.59 Å². The van der Waals surface area contributed by atoms with Gasteiger partial charge >= 0.3 is 5.97 Å². The lowest BCUT2D eigenvalue weighted by molar-refractivity contribution is -0.159. The van der Waals surface area contributed by atoms with Gasteiger partial charge in [-0.1, -0.05) is 43.2 Å². The summed E-state index contributed by atoms with van der Waals surface area (Å²) in [6, 6.07) is 8.99. The maximum atomic E-state index is 12.4. The fourth-order valence-electron chi connectivity index (χ4n) is 2.94. The van der Waals surface area contributed by atoms with Gasteiger partial charge in [0.15, 0.2) is 6.10 Å². The molecule has 7 nitrogen and oxygen atoms in total. The molecule has 1 saturated heterocycles. The Labute approximate surface area is 167 Å². The molecule has 1 atom stereocenters. The molecule has 1 aromatic rings. The van der Waals surface area contributed by atoms with E-state index in [1.54, 1.807) is 29.2 Å². The molecular weight excluding hydrogens is 380 g/mol. The van der Waals surface area contributed by atoms with E-state index in [1.807, 2.05) is 6.07 Å². The Morgan fingerprint density at radius 3 is 2.36 bits per heavy atom. The number of hydrogen-bond acceptors (Lipinski definition) is 5. The molecular formula is C20H28N2O5S. The molecule has 2 rings (SSSR count). The fourth-order valence-corrected chi connectivity index (χ4v) is 3.76. The minimum atomic E-state index is -3.78. The molecule has 0 unspecified atom stereocenters. The molecule has 0 aliphatic carbocycles. The number of nitrogens with zero attached hydrogens (tertiary/aromatic N) is 2. The number of carbonyl (C=O) groups excluding carboxylic acids is 2. The first-order valence-electron chi connectivity index (χ1n) is 9.47. The number of ether oxygens (including phenoxy) is 1. The largest absolute Gasteiger partial charge is 0.452 e. The highest BCUT2D eigenvalue weighted by Gasteiger charge is 2.26. The van der Waals surface area contributed by atoms with Gasteiger partial charge < -0.3 is 9.64 Å². The highest BCUT2D eigenvalue weighted by atomic mass is 32.2. The number of rotatable bonds is 7. The maximum absolute atomic E-state index is 12.4. The first-order chi connectivity index (χ1) is 13.3. The van der Waals surface area contributed by atoms with Gasteiger partial charge in [-0.15, -0.1) is 0 Å². The minimum absolute atomic E-state index is 0.232. The molecule has 1 aliphatic heterocycles. The van der Waals surface area contributed by atoms with E-state index in [2.05, 4.69) is 0 Å². The average Bonchev–Trinajstić information content (AvgIpc) is 2.96. The Balaban J connectivity index is 1.88. The summed E-state index contributed by atoms with van der Waals surface area (Å²) in [7, 11) is -2.48. The van der Waals surface area contributed by atoms with E-state index in [0.717, 1.165) is 41.0 Å². The van der Waals surface area contributed by atoms with Crippen LogP contribution in [0.2, 0.25) is 0 Å². The second-order valence-electron chi connectivity index (χ2n) is 6.89. The molecule has 8 heteroatoms. The summed E-state index contributed by atoms with van der Waals surface area (Å²) in [5.41, 5.74) is 0.735. The van der Waals surface area contributed by atoms with Crippen LogP contribution in [0.15, 0.2) is 35.7 Å². The number of hydrogen-bond donors (Lipinski definition) is 0. The van der Waals surface area contributed by atoms with Crippen LogP contribution in [0.3, 0.4) is 0 Å². The van der Waals surface area contributed by atoms with Crippen LogP contribution >= 0.6 is 0 Å². The van der Waals surface area contributed by atoms with Gasteiger partial charge in [0, 0.05) is 25.5 Å². The highest BCUT2D eigenvalue weighted by molar-refractivity contribution is 7.92. The Morgan fingerprint density at radius 1 is 1.14 bits per heavy atom. The van der Waals surface area contributed by atoms with Crippen LogP contribution in [0, 0.1) is 0 Å². The molecule has 0 bridgehead atoms. The second kappa shape index (κ2) is 10.4. The van der Waals surface area contributed by atoms with E-state index >= 15 is 0 Å². The van der Waals surface area contributed by atoms with Crippen molar-refractivity contribution in [1.82, 2.24) is 9.21 Å². The molecule has 1 amide bonds. The summed E-state index contributed by atoms with van der Waals surface area (Å²) in [5.74, 6) is -0.986. The molecule has 0 saturated carbocycles. The zero-order valence-electron chi connectivity index (χ0n) is 16.4. The van der Waals surface area contributed by atoms with Crippen molar-refractivity contribution >= 4 is 28.0 Å². The standard InChI is InChI=1S/C20H28N2O5S/c1-17(20(24)22-13-8-3-4-9-14-22)27-19(23)16-21(2)28(25,26)15-12-18-10-6-5-7-11-18/h5-7,10-12,15,17H,3-4,8-9,13-14,16H2,1-2H3/b15-12+/t17-/m0/s1. The predicted octanol–water partition coefficient (Wildman–Crippen LogP) is 2.25. The van der Waals surface area contributed by atoms with E-state index < -0.39 is 28.6 Å². The van der Waals surface area contributed by atoms with Crippen LogP contribution < -0.4 is 0 Å². The van der Waals surface area contributed by atoms with Gasteiger partial charge in [-0.25, -0.2) is 8.42 Å². The SMILES string of the molecule is C[C@H](OC(=O)CN(C)S(=O)(=O)/C=C/c1ccccc1)C(=O)N1CCCCCC1. The minimum Gasteiger partial charge on any atom is -0.452 e. The van der Waals surface area contributed by atoms with E-state index in [1.165, 1.54) is 20.0 Å². The third-order valence-electron chi connectivity index (χ3n) is 4.59. The molecule has 1 aromatic carbocycles. The number of esters is 1. The van der Waals surface area contributed by atoms with Crippen LogP contribution in [0.5, 0.6) is 0 Å². The number of carbonyl (C=O) groups is 2. The normalized spacial score (nSPS) is 16.8. The summed E-state index contributed by atoms with van der Waals surface area (Å²) < 4.78 is 30.7. The molecule has 0 spiro atoms. The summed E-state index contributed by atoms with van der Waals surface area (Å²) >= 11 is 0. The lowest BCUT2D eigenvalue weighted by Crippen LogP contribution is -2.42. The molecule has 0 N–H and O–H groups in total. The van der Waals surface area contributed by atoms with Crippen LogP contribution in [0.4, 0.5) is 0 Å². The van der Waals surface area contributed by atoms with Gasteiger partial charge in [-0.05, 0) is 31.4 Å². The molecule has 1 fully saturated rings. The van der Waals surface area contributed by atoms with E-state index in [4.69, 9.17) is 4.74 Å². The molecule has 1 heterocycles. The lowest BCUT2D eigenvalue weighted by atomic mass is 10.2. The summed E-state index contributed by atoms with van der Waals surface area (Å²) in [6.45, 7) is 2.40. The number of sulfonamides is 1. The number of benzene rings is 1. The average molecular weight is 409 g/mol. The zero-order valence-corrected chi connectivity index (χ0v) is 17.2. The van der Waals surface area contributed by atoms with E-state index in [0.29, 0.717) is 13.1 Å². The highest BCUT2D eigenvalue weighted by Crippen LogP contribution is 2.12. The van der Waals surface area contributed by atoms with Crippen molar-refractivity contribution in [3.63, 3.8) is 0 Å². The van der Waals surface area contributed by atoms with Crippen molar-refractivity contribution in [3.05, 3.63) is 41.3 Å².